The number of hydrogen-bond donors (Lipinski definition) is 2. The van der Waals surface area contributed by atoms with Crippen LogP contribution in [0.4, 0.5) is 0 Å². The lowest BCUT2D eigenvalue weighted by molar-refractivity contribution is -0.121. The van der Waals surface area contributed by atoms with E-state index in [-0.39, 0.29) is 16.9 Å². The Morgan fingerprint density at radius 2 is 1.86 bits per heavy atom. The van der Waals surface area contributed by atoms with Crippen LogP contribution in [0.25, 0.3) is 0 Å². The second-order valence-corrected chi connectivity index (χ2v) is 5.85. The summed E-state index contributed by atoms with van der Waals surface area (Å²) < 4.78 is 0. The molecule has 1 aromatic rings. The van der Waals surface area contributed by atoms with E-state index < -0.39 is 5.92 Å². The molecule has 3 nitrogen and oxygen atoms in total. The van der Waals surface area contributed by atoms with Gasteiger partial charge in [0.05, 0.1) is 4.99 Å². The lowest BCUT2D eigenvalue weighted by Crippen LogP contribution is -2.41. The molecule has 21 heavy (non-hydrogen) atoms. The van der Waals surface area contributed by atoms with Crippen molar-refractivity contribution < 1.29 is 4.79 Å². The predicted octanol–water partition coefficient (Wildman–Crippen LogP) is 3.53. The van der Waals surface area contributed by atoms with Crippen molar-refractivity contribution in [1.82, 2.24) is 5.32 Å². The molecule has 0 fully saturated rings. The quantitative estimate of drug-likeness (QED) is 0.686. The molecule has 0 aliphatic carbocycles. The molecule has 0 radical (unpaired) electrons. The summed E-state index contributed by atoms with van der Waals surface area (Å²) in [5, 5.41) is 3.13. The fourth-order valence-corrected chi connectivity index (χ4v) is 2.71. The zero-order chi connectivity index (χ0) is 15.7. The van der Waals surface area contributed by atoms with Crippen molar-refractivity contribution in [2.45, 2.75) is 57.9 Å². The van der Waals surface area contributed by atoms with Gasteiger partial charge >= 0.3 is 0 Å². The van der Waals surface area contributed by atoms with E-state index in [4.69, 9.17) is 18.0 Å². The van der Waals surface area contributed by atoms with Crippen LogP contribution in [-0.2, 0) is 4.79 Å². The summed E-state index contributed by atoms with van der Waals surface area (Å²) in [6.07, 6.45) is 5.30. The van der Waals surface area contributed by atoms with Crippen LogP contribution in [0.5, 0.6) is 0 Å². The van der Waals surface area contributed by atoms with E-state index in [9.17, 15) is 4.79 Å². The van der Waals surface area contributed by atoms with Crippen molar-refractivity contribution in [3.05, 3.63) is 35.9 Å². The number of carbonyl (C=O) groups is 1. The molecule has 0 aliphatic heterocycles. The van der Waals surface area contributed by atoms with Crippen molar-refractivity contribution in [3.8, 4) is 0 Å². The molecule has 0 saturated heterocycles. The number of unbranched alkanes of at least 4 members (excludes halogenated alkanes) is 1. The highest BCUT2D eigenvalue weighted by Crippen LogP contribution is 2.17. The summed E-state index contributed by atoms with van der Waals surface area (Å²) in [4.78, 5) is 12.8. The molecular weight excluding hydrogens is 280 g/mol. The predicted molar refractivity (Wildman–Crippen MR) is 92.3 cm³/mol. The topological polar surface area (TPSA) is 55.1 Å². The normalized spacial score (nSPS) is 13.4. The summed E-state index contributed by atoms with van der Waals surface area (Å²) in [6, 6.07) is 9.71. The van der Waals surface area contributed by atoms with E-state index in [1.165, 1.54) is 0 Å². The van der Waals surface area contributed by atoms with Gasteiger partial charge in [-0.1, -0.05) is 75.7 Å². The number of benzene rings is 1. The molecule has 0 aromatic heterocycles. The molecule has 116 valence electrons. The van der Waals surface area contributed by atoms with E-state index in [0.717, 1.165) is 37.7 Å². The summed E-state index contributed by atoms with van der Waals surface area (Å²) in [7, 11) is 0. The summed E-state index contributed by atoms with van der Waals surface area (Å²) in [6.45, 7) is 4.29. The van der Waals surface area contributed by atoms with Crippen LogP contribution in [0.2, 0.25) is 0 Å². The maximum Gasteiger partial charge on any atom is 0.234 e. The minimum Gasteiger partial charge on any atom is -0.392 e. The van der Waals surface area contributed by atoms with Crippen LogP contribution in [-0.4, -0.2) is 16.9 Å². The average molecular weight is 306 g/mol. The number of hydrogen-bond acceptors (Lipinski definition) is 2. The number of amides is 1. The Hall–Kier alpha value is -1.42. The van der Waals surface area contributed by atoms with Crippen LogP contribution in [0.3, 0.4) is 0 Å². The van der Waals surface area contributed by atoms with E-state index in [1.807, 2.05) is 30.3 Å². The molecule has 1 rings (SSSR count). The summed E-state index contributed by atoms with van der Waals surface area (Å²) in [5.41, 5.74) is 6.64. The monoisotopic (exact) mass is 306 g/mol. The Balaban J connectivity index is 2.78. The number of rotatable bonds is 9. The lowest BCUT2D eigenvalue weighted by atomic mass is 9.96. The summed E-state index contributed by atoms with van der Waals surface area (Å²) in [5.74, 6) is -0.620. The van der Waals surface area contributed by atoms with Crippen LogP contribution < -0.4 is 11.1 Å². The molecule has 3 N–H and O–H groups in total. The Bertz CT molecular complexity index is 447. The molecule has 2 unspecified atom stereocenters. The van der Waals surface area contributed by atoms with E-state index >= 15 is 0 Å². The molecule has 0 saturated carbocycles. The Morgan fingerprint density at radius 3 is 2.38 bits per heavy atom. The van der Waals surface area contributed by atoms with Crippen LogP contribution >= 0.6 is 12.2 Å². The molecule has 1 amide bonds. The van der Waals surface area contributed by atoms with E-state index in [1.54, 1.807) is 0 Å². The molecule has 2 atom stereocenters. The standard InChI is InChI=1S/C17H26N2OS/c1-3-5-12-14(9-4-2)19-17(20)15(16(18)21)13-10-7-6-8-11-13/h6-8,10-11,14-15H,3-5,9,12H2,1-2H3,(H2,18,21)(H,19,20). The van der Waals surface area contributed by atoms with Crippen molar-refractivity contribution in [3.63, 3.8) is 0 Å². The highest BCUT2D eigenvalue weighted by Gasteiger charge is 2.25. The molecule has 0 bridgehead atoms. The zero-order valence-electron chi connectivity index (χ0n) is 13.0. The van der Waals surface area contributed by atoms with Gasteiger partial charge in [0.2, 0.25) is 5.91 Å². The third-order valence-corrected chi connectivity index (χ3v) is 3.80. The van der Waals surface area contributed by atoms with Gasteiger partial charge in [0.15, 0.2) is 0 Å². The zero-order valence-corrected chi connectivity index (χ0v) is 13.8. The first-order valence-corrected chi connectivity index (χ1v) is 8.15. The fourth-order valence-electron chi connectivity index (χ4n) is 2.46. The SMILES string of the molecule is CCCCC(CCC)NC(=O)C(C(N)=S)c1ccccc1. The van der Waals surface area contributed by atoms with Gasteiger partial charge < -0.3 is 11.1 Å². The molecule has 1 aromatic carbocycles. The van der Waals surface area contributed by atoms with Gasteiger partial charge in [-0.25, -0.2) is 0 Å². The maximum absolute atomic E-state index is 12.6. The molecular formula is C17H26N2OS. The number of nitrogens with one attached hydrogen (secondary N) is 1. The van der Waals surface area contributed by atoms with Gasteiger partial charge in [-0.2, -0.15) is 0 Å². The first kappa shape index (κ1) is 17.6. The minimum atomic E-state index is -0.540. The third-order valence-electron chi connectivity index (χ3n) is 3.57. The average Bonchev–Trinajstić information content (AvgIpc) is 2.46. The van der Waals surface area contributed by atoms with Gasteiger partial charge in [-0.05, 0) is 18.4 Å². The van der Waals surface area contributed by atoms with Gasteiger partial charge in [-0.3, -0.25) is 4.79 Å². The summed E-state index contributed by atoms with van der Waals surface area (Å²) >= 11 is 5.10. The minimum absolute atomic E-state index is 0.0803. The largest absolute Gasteiger partial charge is 0.392 e. The Kier molecular flexibility index (Phi) is 7.98. The Labute approximate surface area is 133 Å². The number of thiocarbonyl (C=S) groups is 1. The van der Waals surface area contributed by atoms with Crippen molar-refractivity contribution in [2.24, 2.45) is 5.73 Å². The fraction of sp³-hybridized carbons (Fsp3) is 0.529. The van der Waals surface area contributed by atoms with Gasteiger partial charge in [0.1, 0.15) is 5.92 Å². The van der Waals surface area contributed by atoms with Crippen LogP contribution in [0.15, 0.2) is 30.3 Å². The molecule has 0 heterocycles. The molecule has 4 heteroatoms. The first-order chi connectivity index (χ1) is 10.1. The lowest BCUT2D eigenvalue weighted by Gasteiger charge is -2.22. The Morgan fingerprint density at radius 1 is 1.19 bits per heavy atom. The number of carbonyl (C=O) groups excluding carboxylic acids is 1. The van der Waals surface area contributed by atoms with Crippen LogP contribution in [0, 0.1) is 0 Å². The van der Waals surface area contributed by atoms with E-state index in [0.29, 0.717) is 0 Å². The van der Waals surface area contributed by atoms with Crippen molar-refractivity contribution in [2.75, 3.05) is 0 Å². The van der Waals surface area contributed by atoms with E-state index in [2.05, 4.69) is 19.2 Å². The van der Waals surface area contributed by atoms with Crippen molar-refractivity contribution in [1.29, 1.82) is 0 Å². The van der Waals surface area contributed by atoms with Crippen molar-refractivity contribution >= 4 is 23.1 Å². The van der Waals surface area contributed by atoms with Gasteiger partial charge in [0, 0.05) is 6.04 Å². The van der Waals surface area contributed by atoms with Crippen LogP contribution in [0.1, 0.15) is 57.4 Å². The second kappa shape index (κ2) is 9.50. The second-order valence-electron chi connectivity index (χ2n) is 5.38. The highest BCUT2D eigenvalue weighted by molar-refractivity contribution is 7.80. The smallest absolute Gasteiger partial charge is 0.234 e. The van der Waals surface area contributed by atoms with Gasteiger partial charge in [0.25, 0.3) is 0 Å². The molecule has 0 spiro atoms. The first-order valence-electron chi connectivity index (χ1n) is 7.74. The highest BCUT2D eigenvalue weighted by atomic mass is 32.1. The third kappa shape index (κ3) is 5.84. The molecule has 0 aliphatic rings. The maximum atomic E-state index is 12.6. The van der Waals surface area contributed by atoms with Gasteiger partial charge in [-0.15, -0.1) is 0 Å². The number of nitrogens with two attached hydrogens (primary N) is 1.